The van der Waals surface area contributed by atoms with Gasteiger partial charge >= 0.3 is 5.97 Å². The van der Waals surface area contributed by atoms with Crippen molar-refractivity contribution >= 4 is 33.5 Å². The van der Waals surface area contributed by atoms with Crippen molar-refractivity contribution in [2.24, 2.45) is 0 Å². The van der Waals surface area contributed by atoms with E-state index in [4.69, 9.17) is 16.3 Å². The molecule has 0 bridgehead atoms. The number of hydrogen-bond acceptors (Lipinski definition) is 2. The lowest BCUT2D eigenvalue weighted by Gasteiger charge is -2.05. The first kappa shape index (κ1) is 13.1. The average molecular weight is 326 g/mol. The summed E-state index contributed by atoms with van der Waals surface area (Å²) in [6.07, 6.45) is 0. The molecule has 4 heteroatoms. The van der Waals surface area contributed by atoms with Gasteiger partial charge in [-0.2, -0.15) is 0 Å². The summed E-state index contributed by atoms with van der Waals surface area (Å²) < 4.78 is 6.12. The Balaban J connectivity index is 1.98. The lowest BCUT2D eigenvalue weighted by molar-refractivity contribution is 0.0472. The Morgan fingerprint density at radius 1 is 1.17 bits per heavy atom. The smallest absolute Gasteiger partial charge is 0.338 e. The third-order valence-electron chi connectivity index (χ3n) is 2.34. The van der Waals surface area contributed by atoms with E-state index in [-0.39, 0.29) is 12.6 Å². The van der Waals surface area contributed by atoms with E-state index in [1.165, 1.54) is 0 Å². The first-order chi connectivity index (χ1) is 8.65. The largest absolute Gasteiger partial charge is 0.457 e. The van der Waals surface area contributed by atoms with Gasteiger partial charge in [0.25, 0.3) is 0 Å². The average Bonchev–Trinajstić information content (AvgIpc) is 2.37. The van der Waals surface area contributed by atoms with Crippen LogP contribution in [0.15, 0.2) is 53.0 Å². The Bertz CT molecular complexity index is 552. The number of rotatable bonds is 3. The maximum absolute atomic E-state index is 11.7. The number of carbonyl (C=O) groups excluding carboxylic acids is 1. The zero-order valence-corrected chi connectivity index (χ0v) is 11.7. The van der Waals surface area contributed by atoms with Gasteiger partial charge in [0.1, 0.15) is 6.61 Å². The highest BCUT2D eigenvalue weighted by Gasteiger charge is 2.06. The molecule has 0 amide bonds. The molecule has 0 aliphatic heterocycles. The van der Waals surface area contributed by atoms with Gasteiger partial charge in [-0.15, -0.1) is 0 Å². The fourth-order valence-electron chi connectivity index (χ4n) is 1.44. The van der Waals surface area contributed by atoms with Gasteiger partial charge in [0, 0.05) is 9.50 Å². The molecule has 0 aliphatic rings. The molecule has 18 heavy (non-hydrogen) atoms. The Morgan fingerprint density at radius 3 is 2.56 bits per heavy atom. The highest BCUT2D eigenvalue weighted by molar-refractivity contribution is 9.10. The Hall–Kier alpha value is -1.32. The Morgan fingerprint density at radius 2 is 1.89 bits per heavy atom. The summed E-state index contributed by atoms with van der Waals surface area (Å²) in [4.78, 5) is 11.7. The lowest BCUT2D eigenvalue weighted by Crippen LogP contribution is -2.04. The minimum atomic E-state index is -0.345. The molecule has 0 saturated carbocycles. The van der Waals surface area contributed by atoms with Crippen LogP contribution in [0.25, 0.3) is 0 Å². The molecular weight excluding hydrogens is 316 g/mol. The van der Waals surface area contributed by atoms with Crippen LogP contribution >= 0.6 is 27.5 Å². The van der Waals surface area contributed by atoms with Gasteiger partial charge in [0.15, 0.2) is 0 Å². The fourth-order valence-corrected chi connectivity index (χ4v) is 1.92. The van der Waals surface area contributed by atoms with Crippen LogP contribution in [0.4, 0.5) is 0 Å². The molecule has 0 saturated heterocycles. The van der Waals surface area contributed by atoms with E-state index in [1.807, 2.05) is 12.1 Å². The summed E-state index contributed by atoms with van der Waals surface area (Å²) in [5, 5.41) is 0.632. The number of carbonyl (C=O) groups is 1. The molecule has 2 rings (SSSR count). The molecule has 0 aliphatic carbocycles. The van der Waals surface area contributed by atoms with Gasteiger partial charge in [-0.05, 0) is 42.0 Å². The molecule has 0 heterocycles. The minimum absolute atomic E-state index is 0.218. The van der Waals surface area contributed by atoms with Crippen LogP contribution in [-0.4, -0.2) is 5.97 Å². The van der Waals surface area contributed by atoms with Crippen molar-refractivity contribution in [2.45, 2.75) is 6.61 Å². The molecule has 0 atom stereocenters. The van der Waals surface area contributed by atoms with Crippen molar-refractivity contribution in [3.8, 4) is 0 Å². The minimum Gasteiger partial charge on any atom is -0.457 e. The van der Waals surface area contributed by atoms with Crippen LogP contribution in [0, 0.1) is 0 Å². The molecule has 2 aromatic carbocycles. The van der Waals surface area contributed by atoms with Crippen LogP contribution in [0.3, 0.4) is 0 Å². The second-order valence-electron chi connectivity index (χ2n) is 3.71. The van der Waals surface area contributed by atoms with Crippen molar-refractivity contribution in [3.05, 3.63) is 69.2 Å². The molecule has 2 nitrogen and oxygen atoms in total. The summed E-state index contributed by atoms with van der Waals surface area (Å²) in [6, 6.07) is 14.3. The number of ether oxygens (including phenoxy) is 1. The zero-order valence-electron chi connectivity index (χ0n) is 9.40. The van der Waals surface area contributed by atoms with Crippen molar-refractivity contribution in [2.75, 3.05) is 0 Å². The van der Waals surface area contributed by atoms with Gasteiger partial charge in [-0.1, -0.05) is 39.7 Å². The Kier molecular flexibility index (Phi) is 4.39. The summed E-state index contributed by atoms with van der Waals surface area (Å²) in [6.45, 7) is 0.218. The fraction of sp³-hybridized carbons (Fsp3) is 0.0714. The van der Waals surface area contributed by atoms with E-state index in [1.54, 1.807) is 36.4 Å². The second kappa shape index (κ2) is 6.03. The number of halogens is 2. The molecule has 0 radical (unpaired) electrons. The summed E-state index contributed by atoms with van der Waals surface area (Å²) in [7, 11) is 0. The number of benzene rings is 2. The van der Waals surface area contributed by atoms with E-state index in [2.05, 4.69) is 15.9 Å². The van der Waals surface area contributed by atoms with E-state index >= 15 is 0 Å². The topological polar surface area (TPSA) is 26.3 Å². The molecule has 0 aromatic heterocycles. The maximum atomic E-state index is 11.7. The molecule has 2 aromatic rings. The van der Waals surface area contributed by atoms with Gasteiger partial charge < -0.3 is 4.74 Å². The lowest BCUT2D eigenvalue weighted by atomic mass is 10.2. The normalized spacial score (nSPS) is 10.1. The molecule has 0 spiro atoms. The van der Waals surface area contributed by atoms with Crippen LogP contribution in [0.2, 0.25) is 5.02 Å². The predicted molar refractivity (Wildman–Crippen MR) is 74.7 cm³/mol. The highest BCUT2D eigenvalue weighted by atomic mass is 79.9. The maximum Gasteiger partial charge on any atom is 0.338 e. The molecule has 92 valence electrons. The van der Waals surface area contributed by atoms with Crippen molar-refractivity contribution < 1.29 is 9.53 Å². The third-order valence-corrected chi connectivity index (χ3v) is 3.10. The van der Waals surface area contributed by atoms with Crippen LogP contribution < -0.4 is 0 Å². The zero-order chi connectivity index (χ0) is 13.0. The summed E-state index contributed by atoms with van der Waals surface area (Å²) in [5.74, 6) is -0.345. The first-order valence-electron chi connectivity index (χ1n) is 5.32. The quantitative estimate of drug-likeness (QED) is 0.779. The van der Waals surface area contributed by atoms with Crippen molar-refractivity contribution in [1.29, 1.82) is 0 Å². The summed E-state index contributed by atoms with van der Waals surface area (Å²) >= 11 is 9.16. The van der Waals surface area contributed by atoms with Crippen molar-refractivity contribution in [1.82, 2.24) is 0 Å². The number of esters is 1. The SMILES string of the molecule is O=C(OCc1cccc(Cl)c1)c1ccc(Br)cc1. The highest BCUT2D eigenvalue weighted by Crippen LogP contribution is 2.14. The monoisotopic (exact) mass is 324 g/mol. The second-order valence-corrected chi connectivity index (χ2v) is 5.07. The van der Waals surface area contributed by atoms with Gasteiger partial charge in [0.05, 0.1) is 5.56 Å². The standard InChI is InChI=1S/C14H10BrClO2/c15-12-6-4-11(5-7-12)14(17)18-9-10-2-1-3-13(16)8-10/h1-8H,9H2. The molecule has 0 N–H and O–H groups in total. The van der Waals surface area contributed by atoms with Gasteiger partial charge in [-0.3, -0.25) is 0 Å². The van der Waals surface area contributed by atoms with Gasteiger partial charge in [0.2, 0.25) is 0 Å². The van der Waals surface area contributed by atoms with E-state index in [0.29, 0.717) is 10.6 Å². The van der Waals surface area contributed by atoms with Crippen LogP contribution in [0.1, 0.15) is 15.9 Å². The molecule has 0 fully saturated rings. The van der Waals surface area contributed by atoms with Crippen LogP contribution in [0.5, 0.6) is 0 Å². The van der Waals surface area contributed by atoms with E-state index in [9.17, 15) is 4.79 Å². The third kappa shape index (κ3) is 3.59. The predicted octanol–water partition coefficient (Wildman–Crippen LogP) is 4.46. The Labute approximate surface area is 119 Å². The van der Waals surface area contributed by atoms with E-state index < -0.39 is 0 Å². The van der Waals surface area contributed by atoms with E-state index in [0.717, 1.165) is 10.0 Å². The summed E-state index contributed by atoms with van der Waals surface area (Å²) in [5.41, 5.74) is 1.40. The molecular formula is C14H10BrClO2. The van der Waals surface area contributed by atoms with Crippen molar-refractivity contribution in [3.63, 3.8) is 0 Å². The first-order valence-corrected chi connectivity index (χ1v) is 6.49. The van der Waals surface area contributed by atoms with Crippen LogP contribution in [-0.2, 0) is 11.3 Å². The number of hydrogen-bond donors (Lipinski definition) is 0. The van der Waals surface area contributed by atoms with Gasteiger partial charge in [-0.25, -0.2) is 4.79 Å². The molecule has 0 unspecified atom stereocenters.